The Morgan fingerprint density at radius 2 is 2.00 bits per heavy atom. The molecule has 1 unspecified atom stereocenters. The second-order valence-corrected chi connectivity index (χ2v) is 5.09. The molecule has 2 aromatic heterocycles. The molecule has 2 aromatic rings. The molecule has 7 nitrogen and oxygen atoms in total. The summed E-state index contributed by atoms with van der Waals surface area (Å²) in [4.78, 5) is 27.6. The highest BCUT2D eigenvalue weighted by atomic mass is 35.5. The van der Waals surface area contributed by atoms with Gasteiger partial charge in [-0.3, -0.25) is 4.79 Å². The first-order chi connectivity index (χ1) is 11.7. The third kappa shape index (κ3) is 3.85. The van der Waals surface area contributed by atoms with Crippen LogP contribution in [-0.2, 0) is 9.53 Å². The highest BCUT2D eigenvalue weighted by molar-refractivity contribution is 6.30. The lowest BCUT2D eigenvalue weighted by Crippen LogP contribution is -2.69. The first-order valence-corrected chi connectivity index (χ1v) is 6.98. The fraction of sp³-hybridized carbons (Fsp3) is 0.214. The minimum Gasteiger partial charge on any atom is -0.466 e. The number of aromatic nitrogens is 1. The smallest absolute Gasteiger partial charge is 0.441 e. The van der Waals surface area contributed by atoms with E-state index in [1.54, 1.807) is 5.32 Å². The SMILES string of the molecule is COC(=O)C(NC(=O)c1ccco1)(Nc1ccc(Cl)cn1)C(F)(F)F. The molecular formula is C14H11ClF3N3O4. The van der Waals surface area contributed by atoms with Crippen LogP contribution in [0.5, 0.6) is 0 Å². The molecule has 0 radical (unpaired) electrons. The topological polar surface area (TPSA) is 93.5 Å². The molecule has 0 bridgehead atoms. The van der Waals surface area contributed by atoms with E-state index < -0.39 is 29.5 Å². The molecule has 0 fully saturated rings. The van der Waals surface area contributed by atoms with Crippen molar-refractivity contribution in [2.45, 2.75) is 11.8 Å². The molecule has 2 rings (SSSR count). The molecule has 2 N–H and O–H groups in total. The summed E-state index contributed by atoms with van der Waals surface area (Å²) < 4.78 is 50.1. The highest BCUT2D eigenvalue weighted by Crippen LogP contribution is 2.33. The largest absolute Gasteiger partial charge is 0.466 e. The third-order valence-corrected chi connectivity index (χ3v) is 3.23. The van der Waals surface area contributed by atoms with Crippen LogP contribution in [0.2, 0.25) is 5.02 Å². The van der Waals surface area contributed by atoms with Gasteiger partial charge < -0.3 is 19.8 Å². The molecule has 11 heteroatoms. The first-order valence-electron chi connectivity index (χ1n) is 6.60. The molecule has 0 spiro atoms. The number of hydrogen-bond donors (Lipinski definition) is 2. The molecule has 1 atom stereocenters. The van der Waals surface area contributed by atoms with Gasteiger partial charge in [-0.15, -0.1) is 0 Å². The van der Waals surface area contributed by atoms with E-state index in [0.717, 1.165) is 31.7 Å². The molecule has 134 valence electrons. The number of nitrogens with zero attached hydrogens (tertiary/aromatic N) is 1. The van der Waals surface area contributed by atoms with E-state index in [-0.39, 0.29) is 10.8 Å². The summed E-state index contributed by atoms with van der Waals surface area (Å²) in [6, 6.07) is 4.79. The summed E-state index contributed by atoms with van der Waals surface area (Å²) in [7, 11) is 0.749. The number of carbonyl (C=O) groups is 2. The normalized spacial score (nSPS) is 13.6. The van der Waals surface area contributed by atoms with E-state index >= 15 is 0 Å². The molecule has 0 aromatic carbocycles. The minimum atomic E-state index is -5.27. The zero-order chi connectivity index (χ0) is 18.7. The monoisotopic (exact) mass is 377 g/mol. The van der Waals surface area contributed by atoms with Gasteiger partial charge in [0.25, 0.3) is 5.91 Å². The lowest BCUT2D eigenvalue weighted by atomic mass is 10.1. The predicted octanol–water partition coefficient (Wildman–Crippen LogP) is 2.60. The average molecular weight is 378 g/mol. The molecule has 0 saturated heterocycles. The van der Waals surface area contributed by atoms with Crippen LogP contribution in [0.1, 0.15) is 10.6 Å². The molecule has 0 aliphatic heterocycles. The zero-order valence-electron chi connectivity index (χ0n) is 12.6. The van der Waals surface area contributed by atoms with Crippen LogP contribution >= 0.6 is 11.6 Å². The van der Waals surface area contributed by atoms with Crippen LogP contribution in [0.15, 0.2) is 41.1 Å². The summed E-state index contributed by atoms with van der Waals surface area (Å²) in [5.74, 6) is -3.87. The van der Waals surface area contributed by atoms with Crippen molar-refractivity contribution in [2.24, 2.45) is 0 Å². The van der Waals surface area contributed by atoms with Crippen molar-refractivity contribution >= 4 is 29.3 Å². The Bertz CT molecular complexity index is 750. The number of amides is 1. The second-order valence-electron chi connectivity index (χ2n) is 4.66. The summed E-state index contributed by atoms with van der Waals surface area (Å²) in [5, 5.41) is 3.60. The van der Waals surface area contributed by atoms with Crippen molar-refractivity contribution < 1.29 is 31.9 Å². The summed E-state index contributed by atoms with van der Waals surface area (Å²) in [5.41, 5.74) is -3.59. The van der Waals surface area contributed by atoms with Crippen molar-refractivity contribution in [1.82, 2.24) is 10.3 Å². The molecular weight excluding hydrogens is 367 g/mol. The number of ether oxygens (including phenoxy) is 1. The van der Waals surface area contributed by atoms with Crippen LogP contribution in [0, 0.1) is 0 Å². The Morgan fingerprint density at radius 1 is 1.28 bits per heavy atom. The molecule has 2 heterocycles. The van der Waals surface area contributed by atoms with Gasteiger partial charge in [-0.25, -0.2) is 9.78 Å². The number of anilines is 1. The van der Waals surface area contributed by atoms with Crippen LogP contribution in [-0.4, -0.2) is 35.8 Å². The Kier molecular flexibility index (Phi) is 5.21. The molecule has 25 heavy (non-hydrogen) atoms. The van der Waals surface area contributed by atoms with Gasteiger partial charge in [0.1, 0.15) is 5.82 Å². The predicted molar refractivity (Wildman–Crippen MR) is 79.8 cm³/mol. The average Bonchev–Trinajstić information content (AvgIpc) is 3.09. The minimum absolute atomic E-state index is 0.167. The molecule has 0 aliphatic carbocycles. The van der Waals surface area contributed by atoms with E-state index in [1.165, 1.54) is 12.1 Å². The van der Waals surface area contributed by atoms with E-state index in [9.17, 15) is 22.8 Å². The lowest BCUT2D eigenvalue weighted by molar-refractivity contribution is -0.203. The summed E-state index contributed by atoms with van der Waals surface area (Å²) in [6.07, 6.45) is -3.11. The molecule has 1 amide bonds. The maximum absolute atomic E-state index is 13.7. The Hall–Kier alpha value is -2.75. The van der Waals surface area contributed by atoms with Crippen LogP contribution in [0.3, 0.4) is 0 Å². The quantitative estimate of drug-likeness (QED) is 0.614. The number of rotatable bonds is 5. The highest BCUT2D eigenvalue weighted by Gasteiger charge is 2.64. The number of halogens is 4. The van der Waals surface area contributed by atoms with Gasteiger partial charge in [-0.2, -0.15) is 13.2 Å². The van der Waals surface area contributed by atoms with Gasteiger partial charge in [0.15, 0.2) is 5.76 Å². The van der Waals surface area contributed by atoms with Crippen molar-refractivity contribution in [3.63, 3.8) is 0 Å². The van der Waals surface area contributed by atoms with Gasteiger partial charge in [-0.05, 0) is 24.3 Å². The van der Waals surface area contributed by atoms with Crippen molar-refractivity contribution in [2.75, 3.05) is 12.4 Å². The summed E-state index contributed by atoms with van der Waals surface area (Å²) in [6.45, 7) is 0. The fourth-order valence-corrected chi connectivity index (χ4v) is 1.94. The standard InChI is InChI=1S/C14H11ClF3N3O4/c1-24-12(23)13(14(16,17)18,20-10-5-4-8(15)7-19-10)21-11(22)9-3-2-6-25-9/h2-7H,1H3,(H,19,20)(H,21,22). The summed E-state index contributed by atoms with van der Waals surface area (Å²) >= 11 is 5.63. The molecule has 0 aliphatic rings. The fourth-order valence-electron chi connectivity index (χ4n) is 1.83. The Balaban J connectivity index is 2.46. The van der Waals surface area contributed by atoms with E-state index in [1.807, 2.05) is 5.32 Å². The number of hydrogen-bond acceptors (Lipinski definition) is 6. The van der Waals surface area contributed by atoms with Gasteiger partial charge >= 0.3 is 17.8 Å². The van der Waals surface area contributed by atoms with Crippen molar-refractivity contribution in [3.8, 4) is 0 Å². The first kappa shape index (κ1) is 18.6. The van der Waals surface area contributed by atoms with Gasteiger partial charge in [0.05, 0.1) is 18.4 Å². The maximum atomic E-state index is 13.7. The van der Waals surface area contributed by atoms with E-state index in [0.29, 0.717) is 0 Å². The van der Waals surface area contributed by atoms with E-state index in [4.69, 9.17) is 16.0 Å². The van der Waals surface area contributed by atoms with Gasteiger partial charge in [0, 0.05) is 6.20 Å². The van der Waals surface area contributed by atoms with Crippen LogP contribution in [0.25, 0.3) is 0 Å². The zero-order valence-corrected chi connectivity index (χ0v) is 13.3. The van der Waals surface area contributed by atoms with Gasteiger partial charge in [-0.1, -0.05) is 11.6 Å². The number of alkyl halides is 3. The number of furan rings is 1. The third-order valence-electron chi connectivity index (χ3n) is 3.01. The number of methoxy groups -OCH3 is 1. The maximum Gasteiger partial charge on any atom is 0.441 e. The molecule has 0 saturated carbocycles. The number of pyridine rings is 1. The van der Waals surface area contributed by atoms with Gasteiger partial charge in [0.2, 0.25) is 0 Å². The van der Waals surface area contributed by atoms with Crippen LogP contribution in [0.4, 0.5) is 19.0 Å². The number of carbonyl (C=O) groups excluding carboxylic acids is 2. The lowest BCUT2D eigenvalue weighted by Gasteiger charge is -2.34. The number of nitrogens with one attached hydrogen (secondary N) is 2. The van der Waals surface area contributed by atoms with Crippen molar-refractivity contribution in [1.29, 1.82) is 0 Å². The van der Waals surface area contributed by atoms with Crippen molar-refractivity contribution in [3.05, 3.63) is 47.5 Å². The van der Waals surface area contributed by atoms with Crippen LogP contribution < -0.4 is 10.6 Å². The second kappa shape index (κ2) is 7.01. The van der Waals surface area contributed by atoms with E-state index in [2.05, 4.69) is 9.72 Å². The Labute approximate surface area is 144 Å². The number of esters is 1. The Morgan fingerprint density at radius 3 is 2.48 bits per heavy atom.